The summed E-state index contributed by atoms with van der Waals surface area (Å²) in [6.45, 7) is 0.748. The van der Waals surface area contributed by atoms with E-state index in [1.165, 1.54) is 12.1 Å². The highest BCUT2D eigenvalue weighted by atomic mass is 19.1. The maximum atomic E-state index is 13.6. The minimum Gasteiger partial charge on any atom is -0.491 e. The van der Waals surface area contributed by atoms with Gasteiger partial charge in [-0.2, -0.15) is 0 Å². The van der Waals surface area contributed by atoms with Crippen molar-refractivity contribution < 1.29 is 23.8 Å². The predicted molar refractivity (Wildman–Crippen MR) is 75.0 cm³/mol. The van der Waals surface area contributed by atoms with Gasteiger partial charge in [-0.1, -0.05) is 24.3 Å². The molecule has 0 amide bonds. The van der Waals surface area contributed by atoms with Crippen LogP contribution in [0.25, 0.3) is 0 Å². The van der Waals surface area contributed by atoms with E-state index < -0.39 is 11.8 Å². The third kappa shape index (κ3) is 4.57. The Balaban J connectivity index is 1.75. The first-order chi connectivity index (χ1) is 10.2. The van der Waals surface area contributed by atoms with Gasteiger partial charge in [-0.15, -0.1) is 0 Å². The van der Waals surface area contributed by atoms with Crippen molar-refractivity contribution in [1.82, 2.24) is 0 Å². The molecule has 4 nitrogen and oxygen atoms in total. The molecule has 0 aromatic heterocycles. The van der Waals surface area contributed by atoms with E-state index >= 15 is 0 Å². The number of halogens is 1. The quantitative estimate of drug-likeness (QED) is 0.796. The zero-order valence-electron chi connectivity index (χ0n) is 11.3. The van der Waals surface area contributed by atoms with E-state index in [1.807, 2.05) is 30.3 Å². The molecule has 0 saturated carbocycles. The number of hydrogen-bond acceptors (Lipinski definition) is 3. The fraction of sp³-hybridized carbons (Fsp3) is 0.188. The first-order valence-corrected chi connectivity index (χ1v) is 6.44. The van der Waals surface area contributed by atoms with Gasteiger partial charge in [-0.25, -0.2) is 9.18 Å². The molecule has 0 aliphatic rings. The van der Waals surface area contributed by atoms with E-state index in [-0.39, 0.29) is 12.2 Å². The third-order valence-corrected chi connectivity index (χ3v) is 2.80. The van der Waals surface area contributed by atoms with Gasteiger partial charge in [0.2, 0.25) is 0 Å². The van der Waals surface area contributed by atoms with Crippen LogP contribution in [0.5, 0.6) is 5.75 Å². The van der Waals surface area contributed by atoms with Crippen LogP contribution in [0.15, 0.2) is 48.5 Å². The van der Waals surface area contributed by atoms with E-state index in [0.717, 1.165) is 11.8 Å². The number of carboxylic acid groups (broad SMARTS) is 1. The van der Waals surface area contributed by atoms with E-state index in [2.05, 4.69) is 0 Å². The lowest BCUT2D eigenvalue weighted by Crippen LogP contribution is -2.07. The van der Waals surface area contributed by atoms with Gasteiger partial charge in [-0.05, 0) is 24.3 Å². The largest absolute Gasteiger partial charge is 0.491 e. The van der Waals surface area contributed by atoms with Crippen LogP contribution in [0.3, 0.4) is 0 Å². The van der Waals surface area contributed by atoms with Gasteiger partial charge in [0.1, 0.15) is 18.2 Å². The first kappa shape index (κ1) is 15.0. The fourth-order valence-corrected chi connectivity index (χ4v) is 1.71. The monoisotopic (exact) mass is 290 g/mol. The van der Waals surface area contributed by atoms with Gasteiger partial charge in [0.05, 0.1) is 18.8 Å². The van der Waals surface area contributed by atoms with E-state index in [9.17, 15) is 9.18 Å². The molecule has 0 aliphatic heterocycles. The van der Waals surface area contributed by atoms with Gasteiger partial charge in [0.25, 0.3) is 0 Å². The lowest BCUT2D eigenvalue weighted by Gasteiger charge is -2.08. The SMILES string of the molecule is O=C(O)c1ccc(COCCOc2ccccc2)c(F)c1. The summed E-state index contributed by atoms with van der Waals surface area (Å²) in [5.74, 6) is -0.991. The maximum Gasteiger partial charge on any atom is 0.335 e. The van der Waals surface area contributed by atoms with Gasteiger partial charge < -0.3 is 14.6 Å². The second-order valence-corrected chi connectivity index (χ2v) is 4.33. The van der Waals surface area contributed by atoms with Crippen LogP contribution < -0.4 is 4.74 Å². The minimum absolute atomic E-state index is 0.0733. The number of ether oxygens (including phenoxy) is 2. The Morgan fingerprint density at radius 3 is 2.52 bits per heavy atom. The number of carboxylic acids is 1. The molecule has 0 saturated heterocycles. The Bertz CT molecular complexity index is 598. The van der Waals surface area contributed by atoms with E-state index in [1.54, 1.807) is 0 Å². The number of aromatic carboxylic acids is 1. The molecule has 0 unspecified atom stereocenters. The molecular formula is C16H15FO4. The number of hydrogen-bond donors (Lipinski definition) is 1. The van der Waals surface area contributed by atoms with Gasteiger partial charge >= 0.3 is 5.97 Å². The minimum atomic E-state index is -1.15. The molecule has 2 aromatic rings. The molecule has 1 N–H and O–H groups in total. The van der Waals surface area contributed by atoms with E-state index in [4.69, 9.17) is 14.6 Å². The van der Waals surface area contributed by atoms with Crippen molar-refractivity contribution >= 4 is 5.97 Å². The molecule has 0 aliphatic carbocycles. The number of benzene rings is 2. The summed E-state index contributed by atoms with van der Waals surface area (Å²) in [4.78, 5) is 10.7. The summed E-state index contributed by atoms with van der Waals surface area (Å²) in [5.41, 5.74) is 0.239. The van der Waals surface area contributed by atoms with Crippen molar-refractivity contribution in [1.29, 1.82) is 0 Å². The average Bonchev–Trinajstić information content (AvgIpc) is 2.49. The smallest absolute Gasteiger partial charge is 0.335 e. The average molecular weight is 290 g/mol. The molecule has 0 fully saturated rings. The molecule has 0 atom stereocenters. The van der Waals surface area contributed by atoms with Gasteiger partial charge in [0, 0.05) is 5.56 Å². The molecule has 0 bridgehead atoms. The van der Waals surface area contributed by atoms with Crippen LogP contribution in [-0.2, 0) is 11.3 Å². The summed E-state index contributed by atoms with van der Waals surface area (Å²) >= 11 is 0. The second-order valence-electron chi connectivity index (χ2n) is 4.33. The molecular weight excluding hydrogens is 275 g/mol. The fourth-order valence-electron chi connectivity index (χ4n) is 1.71. The lowest BCUT2D eigenvalue weighted by atomic mass is 10.1. The van der Waals surface area contributed by atoms with Crippen molar-refractivity contribution in [3.05, 3.63) is 65.5 Å². The Labute approximate surface area is 121 Å². The first-order valence-electron chi connectivity index (χ1n) is 6.44. The van der Waals surface area contributed by atoms with Crippen molar-refractivity contribution in [3.63, 3.8) is 0 Å². The molecule has 110 valence electrons. The van der Waals surface area contributed by atoms with Crippen molar-refractivity contribution in [2.45, 2.75) is 6.61 Å². The van der Waals surface area contributed by atoms with Crippen LogP contribution in [0.1, 0.15) is 15.9 Å². The van der Waals surface area contributed by atoms with Crippen molar-refractivity contribution in [2.75, 3.05) is 13.2 Å². The Morgan fingerprint density at radius 2 is 1.86 bits per heavy atom. The number of para-hydroxylation sites is 1. The highest BCUT2D eigenvalue weighted by Gasteiger charge is 2.08. The normalized spacial score (nSPS) is 10.3. The summed E-state index contributed by atoms with van der Waals surface area (Å²) < 4.78 is 24.3. The summed E-state index contributed by atoms with van der Waals surface area (Å²) in [6.07, 6.45) is 0. The Kier molecular flexibility index (Phi) is 5.29. The Morgan fingerprint density at radius 1 is 1.10 bits per heavy atom. The third-order valence-electron chi connectivity index (χ3n) is 2.80. The van der Waals surface area contributed by atoms with Crippen LogP contribution >= 0.6 is 0 Å². The van der Waals surface area contributed by atoms with E-state index in [0.29, 0.717) is 18.8 Å². The van der Waals surface area contributed by atoms with Gasteiger partial charge in [-0.3, -0.25) is 0 Å². The number of rotatable bonds is 7. The van der Waals surface area contributed by atoms with Crippen molar-refractivity contribution in [2.24, 2.45) is 0 Å². The highest BCUT2D eigenvalue weighted by molar-refractivity contribution is 5.87. The topological polar surface area (TPSA) is 55.8 Å². The molecule has 0 radical (unpaired) electrons. The summed E-state index contributed by atoms with van der Waals surface area (Å²) in [6, 6.07) is 13.1. The summed E-state index contributed by atoms with van der Waals surface area (Å²) in [7, 11) is 0. The zero-order chi connectivity index (χ0) is 15.1. The van der Waals surface area contributed by atoms with Crippen molar-refractivity contribution in [3.8, 4) is 5.75 Å². The molecule has 21 heavy (non-hydrogen) atoms. The second kappa shape index (κ2) is 7.40. The molecule has 0 spiro atoms. The molecule has 5 heteroatoms. The predicted octanol–water partition coefficient (Wildman–Crippen LogP) is 3.12. The van der Waals surface area contributed by atoms with Crippen LogP contribution in [0.4, 0.5) is 4.39 Å². The standard InChI is InChI=1S/C16H15FO4/c17-15-10-12(16(18)19)6-7-13(15)11-20-8-9-21-14-4-2-1-3-5-14/h1-7,10H,8-9,11H2,(H,18,19). The van der Waals surface area contributed by atoms with Crippen LogP contribution in [-0.4, -0.2) is 24.3 Å². The Hall–Kier alpha value is -2.40. The molecule has 2 aromatic carbocycles. The van der Waals surface area contributed by atoms with Crippen LogP contribution in [0.2, 0.25) is 0 Å². The molecule has 0 heterocycles. The summed E-state index contributed by atoms with van der Waals surface area (Å²) in [5, 5.41) is 8.74. The lowest BCUT2D eigenvalue weighted by molar-refractivity contribution is 0.0695. The van der Waals surface area contributed by atoms with Gasteiger partial charge in [0.15, 0.2) is 0 Å². The zero-order valence-corrected chi connectivity index (χ0v) is 11.3. The molecule has 2 rings (SSSR count). The highest BCUT2D eigenvalue weighted by Crippen LogP contribution is 2.12. The van der Waals surface area contributed by atoms with Crippen LogP contribution in [0, 0.1) is 5.82 Å². The number of carbonyl (C=O) groups is 1. The maximum absolute atomic E-state index is 13.6.